The third kappa shape index (κ3) is 3.44. The molecule has 0 spiro atoms. The predicted molar refractivity (Wildman–Crippen MR) is 88.0 cm³/mol. The smallest absolute Gasteiger partial charge is 0.343 e. The Balaban J connectivity index is 1.81. The van der Waals surface area contributed by atoms with Crippen molar-refractivity contribution in [3.8, 4) is 0 Å². The lowest BCUT2D eigenvalue weighted by molar-refractivity contribution is -0.149. The topological polar surface area (TPSA) is 104 Å². The number of amides is 1. The highest BCUT2D eigenvalue weighted by Gasteiger charge is 2.47. The molecule has 26 heavy (non-hydrogen) atoms. The molecule has 8 nitrogen and oxygen atoms in total. The van der Waals surface area contributed by atoms with Crippen LogP contribution in [0.4, 0.5) is 4.39 Å². The Morgan fingerprint density at radius 1 is 1.19 bits per heavy atom. The molecule has 1 N–H and O–H groups in total. The standard InChI is InChI=1S/C16H19FN2O6S/c17-16(15(21)22)4-5-18(11-16)14(20)12-2-1-3-13(10-12)26(23,24)19-6-8-25-9-7-19/h1-3,10H,4-9,11H2,(H,21,22). The van der Waals surface area contributed by atoms with Gasteiger partial charge in [-0.05, 0) is 18.2 Å². The molecule has 2 aliphatic heterocycles. The second kappa shape index (κ2) is 6.93. The van der Waals surface area contributed by atoms with E-state index in [2.05, 4.69) is 0 Å². The van der Waals surface area contributed by atoms with Gasteiger partial charge in [-0.15, -0.1) is 0 Å². The number of rotatable bonds is 4. The summed E-state index contributed by atoms with van der Waals surface area (Å²) in [6.07, 6.45) is -0.292. The number of sulfonamides is 1. The van der Waals surface area contributed by atoms with Crippen LogP contribution in [-0.2, 0) is 19.6 Å². The number of halogens is 1. The first-order valence-electron chi connectivity index (χ1n) is 8.14. The molecule has 1 unspecified atom stereocenters. The zero-order valence-corrected chi connectivity index (χ0v) is 14.7. The SMILES string of the molecule is O=C(c1cccc(S(=O)(=O)N2CCOCC2)c1)N1CCC(F)(C(=O)O)C1. The largest absolute Gasteiger partial charge is 0.479 e. The Morgan fingerprint density at radius 2 is 1.88 bits per heavy atom. The maximum Gasteiger partial charge on any atom is 0.343 e. The minimum atomic E-state index is -3.76. The maximum atomic E-state index is 14.2. The van der Waals surface area contributed by atoms with E-state index in [0.29, 0.717) is 13.2 Å². The molecule has 1 amide bonds. The van der Waals surface area contributed by atoms with Gasteiger partial charge in [0.2, 0.25) is 15.7 Å². The lowest BCUT2D eigenvalue weighted by Gasteiger charge is -2.26. The average Bonchev–Trinajstić information content (AvgIpc) is 3.06. The van der Waals surface area contributed by atoms with Gasteiger partial charge < -0.3 is 14.7 Å². The summed E-state index contributed by atoms with van der Waals surface area (Å²) in [5, 5.41) is 8.93. The van der Waals surface area contributed by atoms with Crippen molar-refractivity contribution in [2.24, 2.45) is 0 Å². The van der Waals surface area contributed by atoms with Crippen LogP contribution >= 0.6 is 0 Å². The number of nitrogens with zero attached hydrogens (tertiary/aromatic N) is 2. The number of carboxylic acid groups (broad SMARTS) is 1. The molecule has 142 valence electrons. The van der Waals surface area contributed by atoms with E-state index in [1.165, 1.54) is 28.6 Å². The molecule has 2 saturated heterocycles. The van der Waals surface area contributed by atoms with Crippen LogP contribution < -0.4 is 0 Å². The maximum absolute atomic E-state index is 14.2. The van der Waals surface area contributed by atoms with Gasteiger partial charge in [0.1, 0.15) is 0 Å². The van der Waals surface area contributed by atoms with E-state index >= 15 is 0 Å². The molecular formula is C16H19FN2O6S. The molecule has 1 atom stereocenters. The van der Waals surface area contributed by atoms with Crippen molar-refractivity contribution in [2.75, 3.05) is 39.4 Å². The summed E-state index contributed by atoms with van der Waals surface area (Å²) in [5.41, 5.74) is -2.39. The normalized spacial score (nSPS) is 24.6. The van der Waals surface area contributed by atoms with Crippen molar-refractivity contribution >= 4 is 21.9 Å². The average molecular weight is 386 g/mol. The van der Waals surface area contributed by atoms with E-state index in [4.69, 9.17) is 9.84 Å². The lowest BCUT2D eigenvalue weighted by atomic mass is 10.1. The van der Waals surface area contributed by atoms with Crippen LogP contribution in [0.5, 0.6) is 0 Å². The summed E-state index contributed by atoms with van der Waals surface area (Å²) in [4.78, 5) is 24.6. The van der Waals surface area contributed by atoms with Crippen LogP contribution in [-0.4, -0.2) is 79.7 Å². The first kappa shape index (κ1) is 18.7. The van der Waals surface area contributed by atoms with Gasteiger partial charge in [-0.25, -0.2) is 17.6 Å². The van der Waals surface area contributed by atoms with Crippen molar-refractivity contribution in [1.82, 2.24) is 9.21 Å². The Labute approximate surface area is 150 Å². The first-order valence-corrected chi connectivity index (χ1v) is 9.58. The molecule has 0 saturated carbocycles. The van der Waals surface area contributed by atoms with Gasteiger partial charge in [0.15, 0.2) is 0 Å². The van der Waals surface area contributed by atoms with E-state index in [1.807, 2.05) is 0 Å². The molecule has 1 aromatic rings. The van der Waals surface area contributed by atoms with Gasteiger partial charge >= 0.3 is 5.97 Å². The van der Waals surface area contributed by atoms with E-state index in [9.17, 15) is 22.4 Å². The minimum absolute atomic E-state index is 0.0332. The van der Waals surface area contributed by atoms with Gasteiger partial charge in [-0.1, -0.05) is 6.07 Å². The zero-order valence-electron chi connectivity index (χ0n) is 13.9. The van der Waals surface area contributed by atoms with Crippen LogP contribution in [0.3, 0.4) is 0 Å². The third-order valence-electron chi connectivity index (χ3n) is 4.58. The van der Waals surface area contributed by atoms with Crippen molar-refractivity contribution in [3.05, 3.63) is 29.8 Å². The van der Waals surface area contributed by atoms with Crippen LogP contribution in [0.1, 0.15) is 16.8 Å². The monoisotopic (exact) mass is 386 g/mol. The molecular weight excluding hydrogens is 367 g/mol. The molecule has 0 bridgehead atoms. The summed E-state index contributed by atoms with van der Waals surface area (Å²) in [6.45, 7) is 0.480. The van der Waals surface area contributed by atoms with Crippen LogP contribution in [0.15, 0.2) is 29.2 Å². The summed E-state index contributed by atoms with van der Waals surface area (Å²) < 4.78 is 46.0. The molecule has 2 aliphatic rings. The first-order chi connectivity index (χ1) is 12.2. The number of carboxylic acids is 1. The number of aliphatic carboxylic acids is 1. The zero-order chi connectivity index (χ0) is 18.9. The fourth-order valence-corrected chi connectivity index (χ4v) is 4.48. The molecule has 2 heterocycles. The second-order valence-electron chi connectivity index (χ2n) is 6.29. The number of alkyl halides is 1. The number of hydrogen-bond acceptors (Lipinski definition) is 5. The molecule has 0 radical (unpaired) electrons. The van der Waals surface area contributed by atoms with Crippen molar-refractivity contribution in [2.45, 2.75) is 17.0 Å². The van der Waals surface area contributed by atoms with E-state index in [-0.39, 0.29) is 36.5 Å². The quantitative estimate of drug-likeness (QED) is 0.801. The number of carbonyl (C=O) groups is 2. The molecule has 10 heteroatoms. The van der Waals surface area contributed by atoms with Gasteiger partial charge in [0.05, 0.1) is 24.7 Å². The van der Waals surface area contributed by atoms with Crippen molar-refractivity contribution < 1.29 is 32.2 Å². The molecule has 2 fully saturated rings. The van der Waals surface area contributed by atoms with E-state index in [0.717, 1.165) is 4.90 Å². The van der Waals surface area contributed by atoms with Gasteiger partial charge in [-0.2, -0.15) is 4.31 Å². The lowest BCUT2D eigenvalue weighted by Crippen LogP contribution is -2.40. The van der Waals surface area contributed by atoms with E-state index < -0.39 is 34.1 Å². The summed E-state index contributed by atoms with van der Waals surface area (Å²) in [7, 11) is -3.76. The molecule has 0 aromatic heterocycles. The molecule has 0 aliphatic carbocycles. The molecule has 1 aromatic carbocycles. The number of morpholine rings is 1. The highest BCUT2D eigenvalue weighted by molar-refractivity contribution is 7.89. The summed E-state index contributed by atoms with van der Waals surface area (Å²) in [6, 6.07) is 5.50. The number of carbonyl (C=O) groups excluding carboxylic acids is 1. The van der Waals surface area contributed by atoms with Crippen LogP contribution in [0.2, 0.25) is 0 Å². The number of ether oxygens (including phenoxy) is 1. The van der Waals surface area contributed by atoms with Crippen LogP contribution in [0.25, 0.3) is 0 Å². The van der Waals surface area contributed by atoms with Gasteiger partial charge in [0, 0.05) is 31.6 Å². The fourth-order valence-electron chi connectivity index (χ4n) is 3.03. The highest BCUT2D eigenvalue weighted by Crippen LogP contribution is 2.28. The Kier molecular flexibility index (Phi) is 5.00. The fraction of sp³-hybridized carbons (Fsp3) is 0.500. The Bertz CT molecular complexity index is 824. The van der Waals surface area contributed by atoms with Gasteiger partial charge in [-0.3, -0.25) is 4.79 Å². The van der Waals surface area contributed by atoms with Gasteiger partial charge in [0.25, 0.3) is 5.91 Å². The van der Waals surface area contributed by atoms with Crippen molar-refractivity contribution in [1.29, 1.82) is 0 Å². The minimum Gasteiger partial charge on any atom is -0.479 e. The number of benzene rings is 1. The van der Waals surface area contributed by atoms with E-state index in [1.54, 1.807) is 0 Å². The Morgan fingerprint density at radius 3 is 2.50 bits per heavy atom. The second-order valence-corrected chi connectivity index (χ2v) is 8.23. The highest BCUT2D eigenvalue weighted by atomic mass is 32.2. The third-order valence-corrected chi connectivity index (χ3v) is 6.47. The summed E-state index contributed by atoms with van der Waals surface area (Å²) >= 11 is 0. The molecule has 3 rings (SSSR count). The number of likely N-dealkylation sites (tertiary alicyclic amines) is 1. The van der Waals surface area contributed by atoms with Crippen LogP contribution in [0, 0.1) is 0 Å². The van der Waals surface area contributed by atoms with Crippen molar-refractivity contribution in [3.63, 3.8) is 0 Å². The number of hydrogen-bond donors (Lipinski definition) is 1. The Hall–Kier alpha value is -2.04. The summed E-state index contributed by atoms with van der Waals surface area (Å²) in [5.74, 6) is -2.19. The predicted octanol–water partition coefficient (Wildman–Crippen LogP) is 0.346.